The fourth-order valence-corrected chi connectivity index (χ4v) is 11.2. The Labute approximate surface area is 371 Å². The first-order valence-corrected chi connectivity index (χ1v) is 22.9. The normalized spacial score (nSPS) is 22.7. The van der Waals surface area contributed by atoms with Crippen LogP contribution in [0.3, 0.4) is 0 Å². The first-order chi connectivity index (χ1) is 31.2. The summed E-state index contributed by atoms with van der Waals surface area (Å²) in [6, 6.07) is 22.6. The lowest BCUT2D eigenvalue weighted by molar-refractivity contribution is -0.136. The van der Waals surface area contributed by atoms with E-state index in [9.17, 15) is 19.2 Å². The van der Waals surface area contributed by atoms with Gasteiger partial charge in [-0.3, -0.25) is 39.2 Å². The van der Waals surface area contributed by atoms with Crippen molar-refractivity contribution in [3.05, 3.63) is 90.3 Å². The van der Waals surface area contributed by atoms with Crippen LogP contribution in [0.15, 0.2) is 79.1 Å². The van der Waals surface area contributed by atoms with Crippen LogP contribution in [-0.4, -0.2) is 131 Å². The third kappa shape index (κ3) is 6.78. The molecular formula is C49H52N10O5. The van der Waals surface area contributed by atoms with Gasteiger partial charge in [-0.2, -0.15) is 0 Å². The number of anilines is 4. The first kappa shape index (κ1) is 39.3. The number of piperidine rings is 2. The van der Waals surface area contributed by atoms with Crippen molar-refractivity contribution in [2.75, 3.05) is 81.1 Å². The number of amides is 4. The molecule has 2 N–H and O–H groups in total. The van der Waals surface area contributed by atoms with Gasteiger partial charge in [0.2, 0.25) is 17.8 Å². The van der Waals surface area contributed by atoms with Crippen molar-refractivity contribution in [2.45, 2.75) is 56.7 Å². The molecule has 1 spiro atoms. The SMILES string of the molecule is COc1cc(N2CC3(CCN(C4CN(CC5CN(c6ccc7c(c6)C(=O)N(C6CCC(=O)NC6=O)C7=O)C5)C4)CC3)C2)ccc1Nc1nccc(-c2cn(C3CC3)c3ccccc23)n1. The predicted octanol–water partition coefficient (Wildman–Crippen LogP) is 5.31. The van der Waals surface area contributed by atoms with E-state index in [2.05, 4.69) is 88.4 Å². The second-order valence-corrected chi connectivity index (χ2v) is 19.2. The van der Waals surface area contributed by atoms with Crippen molar-refractivity contribution in [3.8, 4) is 17.0 Å². The number of imide groups is 2. The first-order valence-electron chi connectivity index (χ1n) is 22.9. The molecule has 0 radical (unpaired) electrons. The standard InChI is InChI=1S/C49H52N10O5/c1-64-43-21-33(9-11-40(43)52-48-50-17-14-39(51-48)38-27-58(31-6-7-31)41-5-3-2-4-35(38)41)57-28-49(29-57)15-18-55(19-16-49)34-25-54(26-34)22-30-23-56(24-30)32-8-10-36-37(20-32)47(63)59(46(36)62)42-12-13-44(60)53-45(42)61/h2-5,8-11,14,17,20-21,27,30-31,34,42H,6-7,12-13,15-16,18-19,22-26,28-29H2,1H3,(H,50,51,52)(H,53,60,61). The third-order valence-corrected chi connectivity index (χ3v) is 15.0. The van der Waals surface area contributed by atoms with Gasteiger partial charge in [0.25, 0.3) is 11.8 Å². The average molecular weight is 861 g/mol. The fourth-order valence-electron chi connectivity index (χ4n) is 11.2. The molecule has 1 atom stereocenters. The maximum atomic E-state index is 13.3. The minimum atomic E-state index is -0.953. The smallest absolute Gasteiger partial charge is 0.262 e. The molecule has 3 aromatic carbocycles. The van der Waals surface area contributed by atoms with Gasteiger partial charge in [-0.1, -0.05) is 18.2 Å². The molecule has 12 rings (SSSR count). The van der Waals surface area contributed by atoms with Crippen LogP contribution in [0.1, 0.15) is 65.3 Å². The molecule has 5 aromatic rings. The number of likely N-dealkylation sites (tertiary alicyclic amines) is 2. The van der Waals surface area contributed by atoms with Gasteiger partial charge in [-0.05, 0) is 87.7 Å². The number of ether oxygens (including phenoxy) is 1. The van der Waals surface area contributed by atoms with E-state index in [1.807, 2.05) is 18.3 Å². The zero-order chi connectivity index (χ0) is 43.3. The van der Waals surface area contributed by atoms with Crippen LogP contribution in [-0.2, 0) is 9.59 Å². The summed E-state index contributed by atoms with van der Waals surface area (Å²) < 4.78 is 8.30. The predicted molar refractivity (Wildman–Crippen MR) is 242 cm³/mol. The Morgan fingerprint density at radius 2 is 1.58 bits per heavy atom. The van der Waals surface area contributed by atoms with Crippen LogP contribution in [0.4, 0.5) is 23.0 Å². The number of fused-ring (bicyclic) bond motifs is 2. The molecule has 64 heavy (non-hydrogen) atoms. The lowest BCUT2D eigenvalue weighted by Crippen LogP contribution is -2.66. The molecule has 2 aromatic heterocycles. The molecule has 1 aliphatic carbocycles. The number of rotatable bonds is 11. The monoisotopic (exact) mass is 860 g/mol. The van der Waals surface area contributed by atoms with E-state index in [1.54, 1.807) is 19.2 Å². The quantitative estimate of drug-likeness (QED) is 0.166. The van der Waals surface area contributed by atoms with Crippen LogP contribution in [0.5, 0.6) is 5.75 Å². The number of nitrogens with one attached hydrogen (secondary N) is 2. The molecule has 0 bridgehead atoms. The summed E-state index contributed by atoms with van der Waals surface area (Å²) >= 11 is 0. The molecule has 15 heteroatoms. The molecule has 4 amide bonds. The number of benzene rings is 3. The van der Waals surface area contributed by atoms with Gasteiger partial charge in [-0.25, -0.2) is 9.97 Å². The highest BCUT2D eigenvalue weighted by atomic mass is 16.5. The number of hydrogen-bond donors (Lipinski definition) is 2. The fraction of sp³-hybridized carbons (Fsp3) is 0.429. The van der Waals surface area contributed by atoms with E-state index < -0.39 is 23.8 Å². The average Bonchev–Trinajstić information content (AvgIpc) is 3.99. The summed E-state index contributed by atoms with van der Waals surface area (Å²) in [5.41, 5.74) is 7.24. The topological polar surface area (TPSA) is 148 Å². The summed E-state index contributed by atoms with van der Waals surface area (Å²) in [4.78, 5) is 71.1. The van der Waals surface area contributed by atoms with Crippen LogP contribution >= 0.6 is 0 Å². The number of nitrogens with zero attached hydrogens (tertiary/aromatic N) is 8. The van der Waals surface area contributed by atoms with Crippen molar-refractivity contribution in [1.29, 1.82) is 0 Å². The highest BCUT2D eigenvalue weighted by Gasteiger charge is 2.48. The zero-order valence-electron chi connectivity index (χ0n) is 36.0. The van der Waals surface area contributed by atoms with Crippen molar-refractivity contribution in [3.63, 3.8) is 0 Å². The Bertz CT molecular complexity index is 2720. The van der Waals surface area contributed by atoms with Crippen molar-refractivity contribution < 1.29 is 23.9 Å². The number of methoxy groups -OCH3 is 1. The van der Waals surface area contributed by atoms with Crippen LogP contribution in [0, 0.1) is 11.3 Å². The van der Waals surface area contributed by atoms with Gasteiger partial charge < -0.3 is 24.4 Å². The van der Waals surface area contributed by atoms with E-state index >= 15 is 0 Å². The van der Waals surface area contributed by atoms with Gasteiger partial charge in [0.1, 0.15) is 11.8 Å². The van der Waals surface area contributed by atoms with Crippen LogP contribution < -0.4 is 25.2 Å². The Hall–Kier alpha value is -6.32. The van der Waals surface area contributed by atoms with Gasteiger partial charge in [0, 0.05) is 122 Å². The summed E-state index contributed by atoms with van der Waals surface area (Å²) in [7, 11) is 1.72. The second-order valence-electron chi connectivity index (χ2n) is 19.2. The molecule has 6 fully saturated rings. The van der Waals surface area contributed by atoms with Crippen LogP contribution in [0.2, 0.25) is 0 Å². The minimum Gasteiger partial charge on any atom is -0.494 e. The molecule has 328 valence electrons. The maximum Gasteiger partial charge on any atom is 0.262 e. The molecule has 7 aliphatic rings. The van der Waals surface area contributed by atoms with E-state index in [-0.39, 0.29) is 18.7 Å². The molecule has 6 aliphatic heterocycles. The van der Waals surface area contributed by atoms with Crippen molar-refractivity contribution in [2.24, 2.45) is 11.3 Å². The molecule has 15 nitrogen and oxygen atoms in total. The molecule has 5 saturated heterocycles. The second kappa shape index (κ2) is 15.2. The highest BCUT2D eigenvalue weighted by Crippen LogP contribution is 2.46. The molecule has 1 unspecified atom stereocenters. The minimum absolute atomic E-state index is 0.107. The summed E-state index contributed by atoms with van der Waals surface area (Å²) in [6.07, 6.45) is 9.23. The Morgan fingerprint density at radius 1 is 0.812 bits per heavy atom. The number of hydrogen-bond acceptors (Lipinski definition) is 12. The van der Waals surface area contributed by atoms with Gasteiger partial charge in [0.05, 0.1) is 29.6 Å². The summed E-state index contributed by atoms with van der Waals surface area (Å²) in [5, 5.41) is 6.91. The van der Waals surface area contributed by atoms with Crippen LogP contribution in [0.25, 0.3) is 22.2 Å². The maximum absolute atomic E-state index is 13.3. The Balaban J connectivity index is 0.599. The van der Waals surface area contributed by atoms with Crippen molar-refractivity contribution in [1.82, 2.24) is 34.6 Å². The highest BCUT2D eigenvalue weighted by molar-refractivity contribution is 6.23. The van der Waals surface area contributed by atoms with Crippen molar-refractivity contribution >= 4 is 57.5 Å². The number of carbonyl (C=O) groups excluding carboxylic acids is 4. The lowest BCUT2D eigenvalue weighted by atomic mass is 9.71. The molecule has 8 heterocycles. The number of para-hydroxylation sites is 1. The summed E-state index contributed by atoms with van der Waals surface area (Å²) in [5.74, 6) is -0.0330. The number of aromatic nitrogens is 3. The third-order valence-electron chi connectivity index (χ3n) is 15.0. The Kier molecular flexibility index (Phi) is 9.30. The molecule has 1 saturated carbocycles. The zero-order valence-corrected chi connectivity index (χ0v) is 36.0. The van der Waals surface area contributed by atoms with Gasteiger partial charge in [0.15, 0.2) is 0 Å². The van der Waals surface area contributed by atoms with Gasteiger partial charge >= 0.3 is 0 Å². The van der Waals surface area contributed by atoms with E-state index in [0.717, 1.165) is 92.2 Å². The van der Waals surface area contributed by atoms with E-state index in [1.165, 1.54) is 42.3 Å². The lowest BCUT2D eigenvalue weighted by Gasteiger charge is -2.57. The summed E-state index contributed by atoms with van der Waals surface area (Å²) in [6.45, 7) is 9.53. The molecular weight excluding hydrogens is 809 g/mol. The number of carbonyl (C=O) groups is 4. The van der Waals surface area contributed by atoms with E-state index in [0.29, 0.717) is 40.5 Å². The van der Waals surface area contributed by atoms with E-state index in [4.69, 9.17) is 9.72 Å². The Morgan fingerprint density at radius 3 is 2.36 bits per heavy atom. The largest absolute Gasteiger partial charge is 0.494 e. The van der Waals surface area contributed by atoms with Gasteiger partial charge in [-0.15, -0.1) is 0 Å².